The molecule has 9 heteroatoms. The second-order valence-corrected chi connectivity index (χ2v) is 6.61. The van der Waals surface area contributed by atoms with Gasteiger partial charge in [0, 0.05) is 19.4 Å². The van der Waals surface area contributed by atoms with Gasteiger partial charge in [-0.2, -0.15) is 0 Å². The average molecular weight is 406 g/mol. The minimum atomic E-state index is -1.25. The van der Waals surface area contributed by atoms with E-state index in [1.165, 1.54) is 0 Å². The molecule has 0 saturated carbocycles. The molecule has 0 spiro atoms. The van der Waals surface area contributed by atoms with Crippen LogP contribution >= 0.6 is 0 Å². The highest BCUT2D eigenvalue weighted by molar-refractivity contribution is 6.01. The van der Waals surface area contributed by atoms with Gasteiger partial charge in [-0.05, 0) is 18.9 Å². The van der Waals surface area contributed by atoms with Gasteiger partial charge < -0.3 is 19.6 Å². The lowest BCUT2D eigenvalue weighted by atomic mass is 10.2. The summed E-state index contributed by atoms with van der Waals surface area (Å²) in [5, 5.41) is 2.84. The molecule has 1 aromatic rings. The first kappa shape index (κ1) is 22.4. The Bertz CT molecular complexity index is 707. The fourth-order valence-corrected chi connectivity index (χ4v) is 2.57. The lowest BCUT2D eigenvalue weighted by Crippen LogP contribution is -2.51. The second-order valence-electron chi connectivity index (χ2n) is 6.61. The van der Waals surface area contributed by atoms with Crippen molar-refractivity contribution in [3.63, 3.8) is 0 Å². The molecule has 1 N–H and O–H groups in total. The van der Waals surface area contributed by atoms with Crippen LogP contribution < -0.4 is 5.32 Å². The van der Waals surface area contributed by atoms with E-state index in [1.807, 2.05) is 25.1 Å². The van der Waals surface area contributed by atoms with E-state index in [-0.39, 0.29) is 19.4 Å². The molecule has 0 bridgehead atoms. The molecule has 9 nitrogen and oxygen atoms in total. The van der Waals surface area contributed by atoms with E-state index >= 15 is 0 Å². The van der Waals surface area contributed by atoms with Crippen LogP contribution in [0.4, 0.5) is 4.79 Å². The predicted octanol–water partition coefficient (Wildman–Crippen LogP) is 2.09. The number of carbonyl (C=O) groups excluding carboxylic acids is 4. The van der Waals surface area contributed by atoms with E-state index < -0.39 is 36.0 Å². The van der Waals surface area contributed by atoms with Gasteiger partial charge in [-0.25, -0.2) is 9.59 Å². The summed E-state index contributed by atoms with van der Waals surface area (Å²) in [5.74, 6) is -2.18. The highest BCUT2D eigenvalue weighted by Gasteiger charge is 2.37. The first-order chi connectivity index (χ1) is 13.9. The molecule has 1 aliphatic rings. The van der Waals surface area contributed by atoms with Crippen LogP contribution in [0.3, 0.4) is 0 Å². The van der Waals surface area contributed by atoms with Gasteiger partial charge in [0.15, 0.2) is 6.04 Å². The third-order valence-electron chi connectivity index (χ3n) is 4.28. The van der Waals surface area contributed by atoms with Crippen LogP contribution in [-0.2, 0) is 35.3 Å². The van der Waals surface area contributed by atoms with Crippen LogP contribution in [0.25, 0.3) is 0 Å². The molecule has 0 radical (unpaired) electrons. The molecule has 0 aromatic heterocycles. The lowest BCUT2D eigenvalue weighted by Gasteiger charge is -2.24. The van der Waals surface area contributed by atoms with Gasteiger partial charge in [-0.1, -0.05) is 43.7 Å². The van der Waals surface area contributed by atoms with Crippen molar-refractivity contribution < 1.29 is 33.5 Å². The molecular formula is C20H26N2O7. The van der Waals surface area contributed by atoms with Crippen molar-refractivity contribution in [3.8, 4) is 0 Å². The maximum atomic E-state index is 12.6. The SMILES string of the molecule is CCCCO[C@H](C)[C@H](NC(=O)OCc1ccccc1)C(=O)ON1C(=O)CCC1=O. The number of nitrogens with zero attached hydrogens (tertiary/aromatic N) is 1. The zero-order valence-corrected chi connectivity index (χ0v) is 16.6. The molecule has 2 atom stereocenters. The van der Waals surface area contributed by atoms with Crippen LogP contribution in [0.5, 0.6) is 0 Å². The van der Waals surface area contributed by atoms with Crippen molar-refractivity contribution in [2.45, 2.75) is 58.3 Å². The van der Waals surface area contributed by atoms with Crippen LogP contribution in [0.2, 0.25) is 0 Å². The molecule has 0 aliphatic carbocycles. The van der Waals surface area contributed by atoms with E-state index in [1.54, 1.807) is 19.1 Å². The molecular weight excluding hydrogens is 380 g/mol. The Hall–Kier alpha value is -2.94. The number of hydrogen-bond acceptors (Lipinski definition) is 7. The van der Waals surface area contributed by atoms with Crippen molar-refractivity contribution in [1.82, 2.24) is 10.4 Å². The lowest BCUT2D eigenvalue weighted by molar-refractivity contribution is -0.201. The van der Waals surface area contributed by atoms with Gasteiger partial charge in [0.1, 0.15) is 6.61 Å². The summed E-state index contributed by atoms with van der Waals surface area (Å²) in [6.45, 7) is 3.97. The van der Waals surface area contributed by atoms with Crippen molar-refractivity contribution in [3.05, 3.63) is 35.9 Å². The first-order valence-electron chi connectivity index (χ1n) is 9.58. The normalized spacial score (nSPS) is 15.7. The highest BCUT2D eigenvalue weighted by Crippen LogP contribution is 2.14. The monoisotopic (exact) mass is 406 g/mol. The van der Waals surface area contributed by atoms with Crippen molar-refractivity contribution in [2.24, 2.45) is 0 Å². The quantitative estimate of drug-likeness (QED) is 0.468. The smallest absolute Gasteiger partial charge is 0.408 e. The number of unbranched alkanes of at least 4 members (excludes halogenated alkanes) is 1. The van der Waals surface area contributed by atoms with E-state index in [0.717, 1.165) is 18.4 Å². The van der Waals surface area contributed by atoms with Gasteiger partial charge in [0.2, 0.25) is 0 Å². The van der Waals surface area contributed by atoms with Crippen LogP contribution in [-0.4, -0.2) is 47.7 Å². The largest absolute Gasteiger partial charge is 0.445 e. The van der Waals surface area contributed by atoms with Crippen LogP contribution in [0, 0.1) is 0 Å². The number of amides is 3. The number of carbonyl (C=O) groups is 4. The molecule has 1 fully saturated rings. The summed E-state index contributed by atoms with van der Waals surface area (Å²) in [6, 6.07) is 7.79. The first-order valence-corrected chi connectivity index (χ1v) is 9.58. The summed E-state index contributed by atoms with van der Waals surface area (Å²) < 4.78 is 10.7. The minimum Gasteiger partial charge on any atom is -0.445 e. The third-order valence-corrected chi connectivity index (χ3v) is 4.28. The Morgan fingerprint density at radius 2 is 1.79 bits per heavy atom. The number of imide groups is 1. The summed E-state index contributed by atoms with van der Waals surface area (Å²) in [7, 11) is 0. The summed E-state index contributed by atoms with van der Waals surface area (Å²) in [4.78, 5) is 53.1. The molecule has 29 heavy (non-hydrogen) atoms. The number of nitrogens with one attached hydrogen (secondary N) is 1. The summed E-state index contributed by atoms with van der Waals surface area (Å²) in [5.41, 5.74) is 0.780. The van der Waals surface area contributed by atoms with Gasteiger partial charge >= 0.3 is 12.1 Å². The molecule has 2 rings (SSSR count). The number of rotatable bonds is 10. The van der Waals surface area contributed by atoms with E-state index in [2.05, 4.69) is 5.32 Å². The van der Waals surface area contributed by atoms with E-state index in [9.17, 15) is 19.2 Å². The zero-order chi connectivity index (χ0) is 21.2. The number of alkyl carbamates (subject to hydrolysis) is 1. The predicted molar refractivity (Wildman–Crippen MR) is 101 cm³/mol. The zero-order valence-electron chi connectivity index (χ0n) is 16.6. The van der Waals surface area contributed by atoms with Crippen LogP contribution in [0.15, 0.2) is 30.3 Å². The molecule has 1 heterocycles. The Morgan fingerprint density at radius 1 is 1.14 bits per heavy atom. The third kappa shape index (κ3) is 6.86. The Morgan fingerprint density at radius 3 is 2.41 bits per heavy atom. The average Bonchev–Trinajstić information content (AvgIpc) is 3.03. The fourth-order valence-electron chi connectivity index (χ4n) is 2.57. The van der Waals surface area contributed by atoms with Gasteiger partial charge in [-0.3, -0.25) is 9.59 Å². The Balaban J connectivity index is 1.99. The number of hydrogen-bond donors (Lipinski definition) is 1. The molecule has 0 unspecified atom stereocenters. The molecule has 1 saturated heterocycles. The standard InChI is InChI=1S/C20H26N2O7/c1-3-4-12-27-14(2)18(19(25)29-22-16(23)10-11-17(22)24)21-20(26)28-13-15-8-6-5-7-9-15/h5-9,14,18H,3-4,10-13H2,1-2H3,(H,21,26)/t14-,18+/m1/s1. The number of hydroxylamine groups is 2. The molecule has 158 valence electrons. The number of benzene rings is 1. The summed E-state index contributed by atoms with van der Waals surface area (Å²) >= 11 is 0. The minimum absolute atomic E-state index is 0.0165. The van der Waals surface area contributed by atoms with Crippen molar-refractivity contribution >= 4 is 23.9 Å². The Kier molecular flexibility index (Phi) is 8.60. The van der Waals surface area contributed by atoms with Crippen molar-refractivity contribution in [2.75, 3.05) is 6.61 Å². The van der Waals surface area contributed by atoms with Gasteiger partial charge in [0.25, 0.3) is 11.8 Å². The molecule has 1 aromatic carbocycles. The number of ether oxygens (including phenoxy) is 2. The summed E-state index contributed by atoms with van der Waals surface area (Å²) in [6.07, 6.45) is 0.0169. The molecule has 1 aliphatic heterocycles. The van der Waals surface area contributed by atoms with Gasteiger partial charge in [-0.15, -0.1) is 5.06 Å². The van der Waals surface area contributed by atoms with Crippen LogP contribution in [0.1, 0.15) is 45.1 Å². The maximum absolute atomic E-state index is 12.6. The van der Waals surface area contributed by atoms with Gasteiger partial charge in [0.05, 0.1) is 6.10 Å². The van der Waals surface area contributed by atoms with E-state index in [4.69, 9.17) is 14.3 Å². The fraction of sp³-hybridized carbons (Fsp3) is 0.500. The van der Waals surface area contributed by atoms with Crippen molar-refractivity contribution in [1.29, 1.82) is 0 Å². The maximum Gasteiger partial charge on any atom is 0.408 e. The topological polar surface area (TPSA) is 111 Å². The van der Waals surface area contributed by atoms with E-state index in [0.29, 0.717) is 11.7 Å². The second kappa shape index (κ2) is 11.2. The highest BCUT2D eigenvalue weighted by atomic mass is 16.7. The Labute approximate surface area is 169 Å². The molecule has 3 amide bonds.